The second-order valence-electron chi connectivity index (χ2n) is 5.29. The third-order valence-electron chi connectivity index (χ3n) is 4.11. The van der Waals surface area contributed by atoms with Crippen molar-refractivity contribution >= 4 is 0 Å². The minimum Gasteiger partial charge on any atom is -0.383 e. The third kappa shape index (κ3) is 2.22. The lowest BCUT2D eigenvalue weighted by Crippen LogP contribution is -2.14. The van der Waals surface area contributed by atoms with Gasteiger partial charge in [0, 0.05) is 0 Å². The standard InChI is InChI=1S/C17H16F2O/c18-14-9-4-10-15(19)16(14)17(20)13-8-2-1-7-12(13)11-5-3-6-11/h1-2,4,7-11,17,20H,3,5-6H2. The summed E-state index contributed by atoms with van der Waals surface area (Å²) in [6.45, 7) is 0. The molecule has 2 aromatic carbocycles. The van der Waals surface area contributed by atoms with Gasteiger partial charge in [0.05, 0.1) is 5.56 Å². The fraction of sp³-hybridized carbons (Fsp3) is 0.294. The molecular formula is C17H16F2O. The molecule has 20 heavy (non-hydrogen) atoms. The average Bonchev–Trinajstić information content (AvgIpc) is 2.37. The van der Waals surface area contributed by atoms with E-state index in [1.165, 1.54) is 24.6 Å². The van der Waals surface area contributed by atoms with Crippen LogP contribution in [0.5, 0.6) is 0 Å². The second-order valence-corrected chi connectivity index (χ2v) is 5.29. The van der Waals surface area contributed by atoms with E-state index in [2.05, 4.69) is 0 Å². The van der Waals surface area contributed by atoms with Gasteiger partial charge >= 0.3 is 0 Å². The van der Waals surface area contributed by atoms with Gasteiger partial charge in [0.15, 0.2) is 0 Å². The molecule has 0 bridgehead atoms. The van der Waals surface area contributed by atoms with Gasteiger partial charge in [-0.25, -0.2) is 8.78 Å². The molecule has 1 atom stereocenters. The van der Waals surface area contributed by atoms with Crippen LogP contribution in [0.2, 0.25) is 0 Å². The molecule has 104 valence electrons. The minimum absolute atomic E-state index is 0.265. The maximum absolute atomic E-state index is 13.8. The average molecular weight is 274 g/mol. The zero-order valence-electron chi connectivity index (χ0n) is 11.0. The lowest BCUT2D eigenvalue weighted by atomic mass is 9.77. The Hall–Kier alpha value is -1.74. The molecule has 1 aliphatic rings. The van der Waals surface area contributed by atoms with Crippen molar-refractivity contribution in [3.8, 4) is 0 Å². The van der Waals surface area contributed by atoms with Gasteiger partial charge in [0.2, 0.25) is 0 Å². The minimum atomic E-state index is -1.26. The van der Waals surface area contributed by atoms with E-state index >= 15 is 0 Å². The summed E-state index contributed by atoms with van der Waals surface area (Å²) in [5, 5.41) is 10.4. The molecule has 3 heteroatoms. The summed E-state index contributed by atoms with van der Waals surface area (Å²) in [4.78, 5) is 0. The van der Waals surface area contributed by atoms with Crippen molar-refractivity contribution in [3.63, 3.8) is 0 Å². The lowest BCUT2D eigenvalue weighted by molar-refractivity contribution is 0.206. The number of halogens is 2. The first-order valence-electron chi connectivity index (χ1n) is 6.89. The smallest absolute Gasteiger partial charge is 0.132 e. The fourth-order valence-corrected chi connectivity index (χ4v) is 2.78. The largest absolute Gasteiger partial charge is 0.383 e. The predicted molar refractivity (Wildman–Crippen MR) is 73.5 cm³/mol. The van der Waals surface area contributed by atoms with Gasteiger partial charge in [-0.15, -0.1) is 0 Å². The van der Waals surface area contributed by atoms with Crippen molar-refractivity contribution in [2.24, 2.45) is 0 Å². The highest BCUT2D eigenvalue weighted by molar-refractivity contribution is 5.39. The van der Waals surface area contributed by atoms with E-state index in [-0.39, 0.29) is 5.56 Å². The topological polar surface area (TPSA) is 20.2 Å². The zero-order chi connectivity index (χ0) is 14.1. The Morgan fingerprint density at radius 2 is 1.60 bits per heavy atom. The number of aliphatic hydroxyl groups is 1. The SMILES string of the molecule is OC(c1ccccc1C1CCC1)c1c(F)cccc1F. The Morgan fingerprint density at radius 3 is 2.20 bits per heavy atom. The van der Waals surface area contributed by atoms with Crippen LogP contribution in [0.4, 0.5) is 8.78 Å². The molecule has 0 spiro atoms. The molecule has 1 unspecified atom stereocenters. The van der Waals surface area contributed by atoms with E-state index in [0.717, 1.165) is 18.4 Å². The summed E-state index contributed by atoms with van der Waals surface area (Å²) in [5.74, 6) is -1.02. The quantitative estimate of drug-likeness (QED) is 0.884. The molecule has 1 nitrogen and oxygen atoms in total. The molecule has 0 amide bonds. The van der Waals surface area contributed by atoms with Gasteiger partial charge in [0.1, 0.15) is 17.7 Å². The number of hydrogen-bond acceptors (Lipinski definition) is 1. The fourth-order valence-electron chi connectivity index (χ4n) is 2.78. The maximum Gasteiger partial charge on any atom is 0.132 e. The van der Waals surface area contributed by atoms with Crippen LogP contribution in [0, 0.1) is 11.6 Å². The first-order valence-corrected chi connectivity index (χ1v) is 6.89. The van der Waals surface area contributed by atoms with Crippen LogP contribution in [0.1, 0.15) is 48.0 Å². The van der Waals surface area contributed by atoms with E-state index < -0.39 is 17.7 Å². The van der Waals surface area contributed by atoms with Crippen LogP contribution in [0.15, 0.2) is 42.5 Å². The molecule has 0 saturated heterocycles. The molecule has 1 saturated carbocycles. The Kier molecular flexibility index (Phi) is 3.53. The molecule has 1 fully saturated rings. The van der Waals surface area contributed by atoms with Crippen LogP contribution in [0.25, 0.3) is 0 Å². The lowest BCUT2D eigenvalue weighted by Gasteiger charge is -2.29. The van der Waals surface area contributed by atoms with Gasteiger partial charge in [-0.05, 0) is 42.0 Å². The first kappa shape index (κ1) is 13.3. The third-order valence-corrected chi connectivity index (χ3v) is 4.11. The summed E-state index contributed by atoms with van der Waals surface area (Å²) >= 11 is 0. The maximum atomic E-state index is 13.8. The van der Waals surface area contributed by atoms with Crippen molar-refractivity contribution in [1.29, 1.82) is 0 Å². The summed E-state index contributed by atoms with van der Waals surface area (Å²) in [6, 6.07) is 11.0. The summed E-state index contributed by atoms with van der Waals surface area (Å²) in [5.41, 5.74) is 1.36. The van der Waals surface area contributed by atoms with Gasteiger partial charge in [-0.3, -0.25) is 0 Å². The highest BCUT2D eigenvalue weighted by Gasteiger charge is 2.27. The number of aliphatic hydroxyl groups excluding tert-OH is 1. The van der Waals surface area contributed by atoms with Crippen molar-refractivity contribution in [2.45, 2.75) is 31.3 Å². The van der Waals surface area contributed by atoms with Crippen molar-refractivity contribution in [3.05, 3.63) is 70.8 Å². The van der Waals surface area contributed by atoms with Crippen LogP contribution in [-0.4, -0.2) is 5.11 Å². The monoisotopic (exact) mass is 274 g/mol. The Labute approximate surface area is 116 Å². The molecule has 1 aliphatic carbocycles. The number of hydrogen-bond donors (Lipinski definition) is 1. The Balaban J connectivity index is 2.04. The highest BCUT2D eigenvalue weighted by Crippen LogP contribution is 2.41. The van der Waals surface area contributed by atoms with Crippen LogP contribution >= 0.6 is 0 Å². The summed E-state index contributed by atoms with van der Waals surface area (Å²) in [6.07, 6.45) is 2.06. The number of rotatable bonds is 3. The van der Waals surface area contributed by atoms with Gasteiger partial charge in [0.25, 0.3) is 0 Å². The van der Waals surface area contributed by atoms with Crippen molar-refractivity contribution in [2.75, 3.05) is 0 Å². The van der Waals surface area contributed by atoms with Gasteiger partial charge < -0.3 is 5.11 Å². The summed E-state index contributed by atoms with van der Waals surface area (Å²) in [7, 11) is 0. The van der Waals surface area contributed by atoms with E-state index in [1.807, 2.05) is 12.1 Å². The van der Waals surface area contributed by atoms with Crippen molar-refractivity contribution < 1.29 is 13.9 Å². The first-order chi connectivity index (χ1) is 9.68. The molecule has 1 N–H and O–H groups in total. The molecule has 0 radical (unpaired) electrons. The molecule has 3 rings (SSSR count). The predicted octanol–water partition coefficient (Wildman–Crippen LogP) is 4.31. The van der Waals surface area contributed by atoms with E-state index in [4.69, 9.17) is 0 Å². The zero-order valence-corrected chi connectivity index (χ0v) is 11.0. The van der Waals surface area contributed by atoms with E-state index in [1.54, 1.807) is 12.1 Å². The van der Waals surface area contributed by atoms with Crippen LogP contribution in [-0.2, 0) is 0 Å². The van der Waals surface area contributed by atoms with Gasteiger partial charge in [-0.2, -0.15) is 0 Å². The molecule has 2 aromatic rings. The van der Waals surface area contributed by atoms with Crippen LogP contribution in [0.3, 0.4) is 0 Å². The normalized spacial score (nSPS) is 16.8. The van der Waals surface area contributed by atoms with Crippen LogP contribution < -0.4 is 0 Å². The molecular weight excluding hydrogens is 258 g/mol. The van der Waals surface area contributed by atoms with E-state index in [9.17, 15) is 13.9 Å². The van der Waals surface area contributed by atoms with E-state index in [0.29, 0.717) is 11.5 Å². The molecule has 0 heterocycles. The van der Waals surface area contributed by atoms with Gasteiger partial charge in [-0.1, -0.05) is 36.8 Å². The number of benzene rings is 2. The molecule has 0 aliphatic heterocycles. The Morgan fingerprint density at radius 1 is 0.950 bits per heavy atom. The highest BCUT2D eigenvalue weighted by atomic mass is 19.1. The molecule has 0 aromatic heterocycles. The summed E-state index contributed by atoms with van der Waals surface area (Å²) < 4.78 is 27.6. The second kappa shape index (κ2) is 5.33. The Bertz CT molecular complexity index is 600. The van der Waals surface area contributed by atoms with Crippen molar-refractivity contribution in [1.82, 2.24) is 0 Å².